The smallest absolute Gasteiger partial charge is 0.251 e. The van der Waals surface area contributed by atoms with Crippen molar-refractivity contribution in [3.63, 3.8) is 0 Å². The first-order valence-corrected chi connectivity index (χ1v) is 5.53. The van der Waals surface area contributed by atoms with Gasteiger partial charge in [-0.05, 0) is 12.8 Å². The zero-order valence-electron chi connectivity index (χ0n) is 9.26. The average Bonchev–Trinajstić information content (AvgIpc) is 2.78. The predicted molar refractivity (Wildman–Crippen MR) is 61.6 cm³/mol. The number of amides is 1. The third-order valence-electron chi connectivity index (χ3n) is 2.97. The molecule has 0 radical (unpaired) electrons. The summed E-state index contributed by atoms with van der Waals surface area (Å²) in [6, 6.07) is 0. The van der Waals surface area contributed by atoms with Crippen LogP contribution in [0.15, 0.2) is 0 Å². The van der Waals surface area contributed by atoms with Gasteiger partial charge < -0.3 is 20.1 Å². The Hall–Kier alpha value is -0.360. The second-order valence-corrected chi connectivity index (χ2v) is 4.00. The second kappa shape index (κ2) is 6.39. The van der Waals surface area contributed by atoms with Crippen LogP contribution in [0.4, 0.5) is 0 Å². The molecule has 16 heavy (non-hydrogen) atoms. The van der Waals surface area contributed by atoms with Gasteiger partial charge in [0, 0.05) is 19.6 Å². The molecule has 0 aliphatic carbocycles. The van der Waals surface area contributed by atoms with Crippen LogP contribution in [0.2, 0.25) is 0 Å². The SMILES string of the molecule is Cl.NC[C@H]1CC[C@@H](C(=O)N2CCOCC2)O1. The lowest BCUT2D eigenvalue weighted by atomic mass is 10.2. The van der Waals surface area contributed by atoms with Crippen molar-refractivity contribution < 1.29 is 14.3 Å². The normalized spacial score (nSPS) is 29.9. The minimum Gasteiger partial charge on any atom is -0.378 e. The molecule has 2 aliphatic heterocycles. The molecule has 2 atom stereocenters. The van der Waals surface area contributed by atoms with Crippen LogP contribution in [0.25, 0.3) is 0 Å². The van der Waals surface area contributed by atoms with Crippen LogP contribution in [0, 0.1) is 0 Å². The number of carbonyl (C=O) groups is 1. The van der Waals surface area contributed by atoms with Gasteiger partial charge in [-0.3, -0.25) is 4.79 Å². The summed E-state index contributed by atoms with van der Waals surface area (Å²) in [5.41, 5.74) is 5.50. The topological polar surface area (TPSA) is 64.8 Å². The maximum Gasteiger partial charge on any atom is 0.251 e. The summed E-state index contributed by atoms with van der Waals surface area (Å²) < 4.78 is 10.8. The van der Waals surface area contributed by atoms with Crippen molar-refractivity contribution in [3.8, 4) is 0 Å². The molecule has 0 spiro atoms. The number of carbonyl (C=O) groups excluding carboxylic acids is 1. The Labute approximate surface area is 102 Å². The quantitative estimate of drug-likeness (QED) is 0.736. The molecule has 0 bridgehead atoms. The highest BCUT2D eigenvalue weighted by Crippen LogP contribution is 2.20. The summed E-state index contributed by atoms with van der Waals surface area (Å²) in [7, 11) is 0. The van der Waals surface area contributed by atoms with E-state index < -0.39 is 0 Å². The Balaban J connectivity index is 0.00000128. The van der Waals surface area contributed by atoms with Crippen LogP contribution in [-0.4, -0.2) is 55.9 Å². The minimum atomic E-state index is -0.267. The molecule has 2 N–H and O–H groups in total. The van der Waals surface area contributed by atoms with E-state index in [1.54, 1.807) is 0 Å². The van der Waals surface area contributed by atoms with Crippen LogP contribution >= 0.6 is 12.4 Å². The van der Waals surface area contributed by atoms with Crippen molar-refractivity contribution in [2.45, 2.75) is 25.0 Å². The molecule has 0 aromatic rings. The van der Waals surface area contributed by atoms with E-state index in [-0.39, 0.29) is 30.5 Å². The van der Waals surface area contributed by atoms with E-state index in [1.165, 1.54) is 0 Å². The van der Waals surface area contributed by atoms with Crippen molar-refractivity contribution in [2.75, 3.05) is 32.8 Å². The number of hydrogen-bond donors (Lipinski definition) is 1. The number of nitrogens with zero attached hydrogens (tertiary/aromatic N) is 1. The molecule has 2 aliphatic rings. The number of halogens is 1. The lowest BCUT2D eigenvalue weighted by Gasteiger charge is -2.29. The molecule has 2 saturated heterocycles. The monoisotopic (exact) mass is 250 g/mol. The molecule has 0 aromatic heterocycles. The molecule has 6 heteroatoms. The van der Waals surface area contributed by atoms with Gasteiger partial charge in [-0.25, -0.2) is 0 Å². The van der Waals surface area contributed by atoms with E-state index >= 15 is 0 Å². The first-order valence-electron chi connectivity index (χ1n) is 5.53. The van der Waals surface area contributed by atoms with E-state index in [9.17, 15) is 4.79 Å². The third kappa shape index (κ3) is 3.07. The van der Waals surface area contributed by atoms with Crippen LogP contribution in [0.3, 0.4) is 0 Å². The molecule has 2 fully saturated rings. The van der Waals surface area contributed by atoms with Crippen molar-refractivity contribution in [2.24, 2.45) is 5.73 Å². The first kappa shape index (κ1) is 13.7. The molecule has 5 nitrogen and oxygen atoms in total. The van der Waals surface area contributed by atoms with Crippen molar-refractivity contribution in [1.82, 2.24) is 4.90 Å². The van der Waals surface area contributed by atoms with E-state index in [4.69, 9.17) is 15.2 Å². The molecule has 94 valence electrons. The fourth-order valence-corrected chi connectivity index (χ4v) is 2.05. The number of morpholine rings is 1. The van der Waals surface area contributed by atoms with Gasteiger partial charge in [-0.15, -0.1) is 12.4 Å². The number of hydrogen-bond acceptors (Lipinski definition) is 4. The van der Waals surface area contributed by atoms with Gasteiger partial charge in [-0.2, -0.15) is 0 Å². The zero-order valence-corrected chi connectivity index (χ0v) is 10.1. The molecule has 0 aromatic carbocycles. The molecular weight excluding hydrogens is 232 g/mol. The number of ether oxygens (including phenoxy) is 2. The lowest BCUT2D eigenvalue weighted by Crippen LogP contribution is -2.45. The first-order chi connectivity index (χ1) is 7.31. The zero-order chi connectivity index (χ0) is 10.7. The van der Waals surface area contributed by atoms with E-state index in [0.29, 0.717) is 32.8 Å². The largest absolute Gasteiger partial charge is 0.378 e. The van der Waals surface area contributed by atoms with Crippen LogP contribution in [0.1, 0.15) is 12.8 Å². The second-order valence-electron chi connectivity index (χ2n) is 4.00. The van der Waals surface area contributed by atoms with Gasteiger partial charge in [0.25, 0.3) is 5.91 Å². The minimum absolute atomic E-state index is 0. The van der Waals surface area contributed by atoms with Crippen LogP contribution < -0.4 is 5.73 Å². The maximum absolute atomic E-state index is 12.0. The number of nitrogens with two attached hydrogens (primary N) is 1. The molecule has 2 heterocycles. The van der Waals surface area contributed by atoms with E-state index in [2.05, 4.69) is 0 Å². The Morgan fingerprint density at radius 2 is 2.00 bits per heavy atom. The predicted octanol–water partition coefficient (Wildman–Crippen LogP) is -0.227. The van der Waals surface area contributed by atoms with Gasteiger partial charge in [0.1, 0.15) is 6.10 Å². The van der Waals surface area contributed by atoms with Gasteiger partial charge in [0.05, 0.1) is 19.3 Å². The van der Waals surface area contributed by atoms with Crippen molar-refractivity contribution >= 4 is 18.3 Å². The van der Waals surface area contributed by atoms with Gasteiger partial charge in [-0.1, -0.05) is 0 Å². The van der Waals surface area contributed by atoms with E-state index in [0.717, 1.165) is 12.8 Å². The summed E-state index contributed by atoms with van der Waals surface area (Å²) in [5.74, 6) is 0.106. The third-order valence-corrected chi connectivity index (χ3v) is 2.97. The highest BCUT2D eigenvalue weighted by molar-refractivity contribution is 5.85. The van der Waals surface area contributed by atoms with Crippen molar-refractivity contribution in [3.05, 3.63) is 0 Å². The Kier molecular flexibility index (Phi) is 5.48. The number of rotatable bonds is 2. The van der Waals surface area contributed by atoms with Crippen LogP contribution in [-0.2, 0) is 14.3 Å². The maximum atomic E-state index is 12.0. The van der Waals surface area contributed by atoms with Crippen LogP contribution in [0.5, 0.6) is 0 Å². The van der Waals surface area contributed by atoms with Gasteiger partial charge in [0.2, 0.25) is 0 Å². The standard InChI is InChI=1S/C10H18N2O3.ClH/c11-7-8-1-2-9(15-8)10(13)12-3-5-14-6-4-12;/h8-9H,1-7,11H2;1H/t8-,9+;/m1./s1. The lowest BCUT2D eigenvalue weighted by molar-refractivity contribution is -0.146. The summed E-state index contributed by atoms with van der Waals surface area (Å²) in [6.45, 7) is 3.16. The molecule has 0 unspecified atom stereocenters. The Bertz CT molecular complexity index is 234. The molecule has 2 rings (SSSR count). The van der Waals surface area contributed by atoms with E-state index in [1.807, 2.05) is 4.90 Å². The Morgan fingerprint density at radius 3 is 2.56 bits per heavy atom. The highest BCUT2D eigenvalue weighted by atomic mass is 35.5. The van der Waals surface area contributed by atoms with Gasteiger partial charge in [0.15, 0.2) is 0 Å². The fourth-order valence-electron chi connectivity index (χ4n) is 2.05. The summed E-state index contributed by atoms with van der Waals surface area (Å²) in [6.07, 6.45) is 1.51. The molecule has 1 amide bonds. The van der Waals surface area contributed by atoms with Gasteiger partial charge >= 0.3 is 0 Å². The molecular formula is C10H19ClN2O3. The van der Waals surface area contributed by atoms with Crippen molar-refractivity contribution in [1.29, 1.82) is 0 Å². The Morgan fingerprint density at radius 1 is 1.31 bits per heavy atom. The summed E-state index contributed by atoms with van der Waals surface area (Å²) in [4.78, 5) is 13.8. The fraction of sp³-hybridized carbons (Fsp3) is 0.900. The molecule has 0 saturated carbocycles. The summed E-state index contributed by atoms with van der Waals surface area (Å²) in [5, 5.41) is 0. The average molecular weight is 251 g/mol. The summed E-state index contributed by atoms with van der Waals surface area (Å²) >= 11 is 0. The highest BCUT2D eigenvalue weighted by Gasteiger charge is 2.33.